The Morgan fingerprint density at radius 2 is 2.00 bits per heavy atom. The van der Waals surface area contributed by atoms with E-state index >= 15 is 0 Å². The molecule has 1 aliphatic heterocycles. The minimum atomic E-state index is 0.166. The van der Waals surface area contributed by atoms with Crippen molar-refractivity contribution in [2.75, 3.05) is 26.3 Å². The molecule has 1 heterocycles. The molecule has 1 N–H and O–H groups in total. The molecule has 1 amide bonds. The van der Waals surface area contributed by atoms with Gasteiger partial charge >= 0.3 is 0 Å². The summed E-state index contributed by atoms with van der Waals surface area (Å²) >= 11 is 0. The minimum Gasteiger partial charge on any atom is -0.382 e. The van der Waals surface area contributed by atoms with Crippen molar-refractivity contribution in [2.45, 2.75) is 51.6 Å². The van der Waals surface area contributed by atoms with Gasteiger partial charge in [-0.15, -0.1) is 0 Å². The van der Waals surface area contributed by atoms with Crippen molar-refractivity contribution < 1.29 is 9.53 Å². The van der Waals surface area contributed by atoms with Crippen molar-refractivity contribution in [1.29, 1.82) is 0 Å². The number of likely N-dealkylation sites (tertiary alicyclic amines) is 1. The average Bonchev–Trinajstić information content (AvgIpc) is 2.59. The molecular weight excluding hydrogens is 288 g/mol. The average molecular weight is 318 g/mol. The molecule has 4 heteroatoms. The number of rotatable bonds is 8. The highest BCUT2D eigenvalue weighted by Crippen LogP contribution is 2.23. The van der Waals surface area contributed by atoms with Gasteiger partial charge in [0.05, 0.1) is 0 Å². The lowest BCUT2D eigenvalue weighted by Gasteiger charge is -2.36. The van der Waals surface area contributed by atoms with Gasteiger partial charge in [0.2, 0.25) is 5.91 Å². The van der Waals surface area contributed by atoms with Crippen LogP contribution in [0.5, 0.6) is 0 Å². The number of nitrogens with one attached hydrogen (secondary N) is 1. The van der Waals surface area contributed by atoms with E-state index in [9.17, 15) is 4.79 Å². The van der Waals surface area contributed by atoms with Crippen LogP contribution in [0.1, 0.15) is 51.1 Å². The lowest BCUT2D eigenvalue weighted by atomic mass is 10.00. The standard InChI is InChI=1S/C19H30N2O2/c1-3-23-15-7-10-19(22)20-18-11-13-21(14-12-18)16(2)17-8-5-4-6-9-17/h4-6,8-9,16,18H,3,7,10-15H2,1-2H3,(H,20,22)/t16-/m1/s1. The molecule has 0 unspecified atom stereocenters. The number of ether oxygens (including phenoxy) is 1. The smallest absolute Gasteiger partial charge is 0.220 e. The molecule has 23 heavy (non-hydrogen) atoms. The normalized spacial score (nSPS) is 17.8. The Labute approximate surface area is 140 Å². The molecule has 128 valence electrons. The van der Waals surface area contributed by atoms with Crippen LogP contribution in [0.4, 0.5) is 0 Å². The number of nitrogens with zero attached hydrogens (tertiary/aromatic N) is 1. The highest BCUT2D eigenvalue weighted by atomic mass is 16.5. The van der Waals surface area contributed by atoms with Gasteiger partial charge in [0.25, 0.3) is 0 Å². The zero-order valence-electron chi connectivity index (χ0n) is 14.5. The maximum Gasteiger partial charge on any atom is 0.220 e. The second-order valence-corrected chi connectivity index (χ2v) is 6.26. The fraction of sp³-hybridized carbons (Fsp3) is 0.632. The zero-order valence-corrected chi connectivity index (χ0v) is 14.5. The van der Waals surface area contributed by atoms with Crippen LogP contribution in [0, 0.1) is 0 Å². The van der Waals surface area contributed by atoms with E-state index in [2.05, 4.69) is 47.5 Å². The molecule has 0 aromatic heterocycles. The van der Waals surface area contributed by atoms with E-state index in [1.807, 2.05) is 6.92 Å². The second kappa shape index (κ2) is 9.68. The Bertz CT molecular complexity index is 456. The molecule has 1 atom stereocenters. The fourth-order valence-corrected chi connectivity index (χ4v) is 3.15. The molecule has 2 rings (SSSR count). The third-order valence-corrected chi connectivity index (χ3v) is 4.62. The van der Waals surface area contributed by atoms with Crippen molar-refractivity contribution in [3.05, 3.63) is 35.9 Å². The zero-order chi connectivity index (χ0) is 16.5. The lowest BCUT2D eigenvalue weighted by molar-refractivity contribution is -0.122. The predicted molar refractivity (Wildman–Crippen MR) is 93.3 cm³/mol. The Morgan fingerprint density at radius 3 is 2.65 bits per heavy atom. The van der Waals surface area contributed by atoms with Gasteiger partial charge in [0.15, 0.2) is 0 Å². The van der Waals surface area contributed by atoms with Crippen LogP contribution in [0.15, 0.2) is 30.3 Å². The van der Waals surface area contributed by atoms with E-state index in [1.165, 1.54) is 5.56 Å². The molecule has 1 aliphatic rings. The number of amides is 1. The van der Waals surface area contributed by atoms with E-state index in [0.29, 0.717) is 25.1 Å². The minimum absolute atomic E-state index is 0.166. The van der Waals surface area contributed by atoms with Gasteiger partial charge in [-0.2, -0.15) is 0 Å². The summed E-state index contributed by atoms with van der Waals surface area (Å²) in [5, 5.41) is 3.17. The van der Waals surface area contributed by atoms with E-state index in [4.69, 9.17) is 4.74 Å². The number of benzene rings is 1. The van der Waals surface area contributed by atoms with Crippen LogP contribution < -0.4 is 5.32 Å². The monoisotopic (exact) mass is 318 g/mol. The van der Waals surface area contributed by atoms with Crippen molar-refractivity contribution in [3.63, 3.8) is 0 Å². The number of carbonyl (C=O) groups is 1. The van der Waals surface area contributed by atoms with E-state index in [0.717, 1.165) is 39.0 Å². The molecular formula is C19H30N2O2. The van der Waals surface area contributed by atoms with Gasteiger partial charge in [0, 0.05) is 44.8 Å². The Balaban J connectivity index is 1.68. The molecule has 4 nitrogen and oxygen atoms in total. The summed E-state index contributed by atoms with van der Waals surface area (Å²) in [7, 11) is 0. The highest BCUT2D eigenvalue weighted by Gasteiger charge is 2.24. The maximum absolute atomic E-state index is 11.9. The number of carbonyl (C=O) groups excluding carboxylic acids is 1. The van der Waals surface area contributed by atoms with Crippen molar-refractivity contribution >= 4 is 5.91 Å². The van der Waals surface area contributed by atoms with Crippen LogP contribution in [0.2, 0.25) is 0 Å². The molecule has 0 radical (unpaired) electrons. The predicted octanol–water partition coefficient (Wildman–Crippen LogP) is 3.14. The van der Waals surface area contributed by atoms with Gasteiger partial charge in [0.1, 0.15) is 0 Å². The summed E-state index contributed by atoms with van der Waals surface area (Å²) in [5.74, 6) is 0.166. The summed E-state index contributed by atoms with van der Waals surface area (Å²) in [5.41, 5.74) is 1.37. The first-order valence-corrected chi connectivity index (χ1v) is 8.86. The van der Waals surface area contributed by atoms with Gasteiger partial charge in [-0.25, -0.2) is 0 Å². The first-order chi connectivity index (χ1) is 11.2. The van der Waals surface area contributed by atoms with Crippen molar-refractivity contribution in [2.24, 2.45) is 0 Å². The lowest BCUT2D eigenvalue weighted by Crippen LogP contribution is -2.45. The Kier molecular flexibility index (Phi) is 7.56. The first kappa shape index (κ1) is 18.0. The summed E-state index contributed by atoms with van der Waals surface area (Å²) in [6, 6.07) is 11.4. The Hall–Kier alpha value is -1.39. The Morgan fingerprint density at radius 1 is 1.30 bits per heavy atom. The number of hydrogen-bond acceptors (Lipinski definition) is 3. The van der Waals surface area contributed by atoms with E-state index in [-0.39, 0.29) is 5.91 Å². The quantitative estimate of drug-likeness (QED) is 0.749. The molecule has 1 fully saturated rings. The van der Waals surface area contributed by atoms with Crippen LogP contribution >= 0.6 is 0 Å². The molecule has 0 bridgehead atoms. The molecule has 0 spiro atoms. The van der Waals surface area contributed by atoms with E-state index < -0.39 is 0 Å². The summed E-state index contributed by atoms with van der Waals surface area (Å²) in [6.45, 7) is 7.73. The summed E-state index contributed by atoms with van der Waals surface area (Å²) in [6.07, 6.45) is 3.45. The molecule has 1 aromatic rings. The summed E-state index contributed by atoms with van der Waals surface area (Å²) in [4.78, 5) is 14.4. The third kappa shape index (κ3) is 5.96. The SMILES string of the molecule is CCOCCCC(=O)NC1CCN([C@H](C)c2ccccc2)CC1. The molecule has 0 aliphatic carbocycles. The van der Waals surface area contributed by atoms with E-state index in [1.54, 1.807) is 0 Å². The van der Waals surface area contributed by atoms with Gasteiger partial charge in [-0.1, -0.05) is 30.3 Å². The maximum atomic E-state index is 11.9. The molecule has 0 saturated carbocycles. The molecule has 1 aromatic carbocycles. The van der Waals surface area contributed by atoms with Crippen LogP contribution in [0.25, 0.3) is 0 Å². The highest BCUT2D eigenvalue weighted by molar-refractivity contribution is 5.76. The van der Waals surface area contributed by atoms with Crippen molar-refractivity contribution in [1.82, 2.24) is 10.2 Å². The van der Waals surface area contributed by atoms with Gasteiger partial charge in [-0.3, -0.25) is 9.69 Å². The fourth-order valence-electron chi connectivity index (χ4n) is 3.15. The molecule has 1 saturated heterocycles. The van der Waals surface area contributed by atoms with Gasteiger partial charge in [-0.05, 0) is 38.7 Å². The summed E-state index contributed by atoms with van der Waals surface area (Å²) < 4.78 is 5.27. The third-order valence-electron chi connectivity index (χ3n) is 4.62. The van der Waals surface area contributed by atoms with Crippen LogP contribution in [-0.4, -0.2) is 43.2 Å². The second-order valence-electron chi connectivity index (χ2n) is 6.26. The number of hydrogen-bond donors (Lipinski definition) is 1. The van der Waals surface area contributed by atoms with Crippen LogP contribution in [-0.2, 0) is 9.53 Å². The number of piperidine rings is 1. The van der Waals surface area contributed by atoms with Gasteiger partial charge < -0.3 is 10.1 Å². The first-order valence-electron chi connectivity index (χ1n) is 8.86. The van der Waals surface area contributed by atoms with Crippen molar-refractivity contribution in [3.8, 4) is 0 Å². The topological polar surface area (TPSA) is 41.6 Å². The largest absolute Gasteiger partial charge is 0.382 e. The van der Waals surface area contributed by atoms with Crippen LogP contribution in [0.3, 0.4) is 0 Å².